The van der Waals surface area contributed by atoms with Gasteiger partial charge in [0, 0.05) is 18.4 Å². The fraction of sp³-hybridized carbons (Fsp3) is 0.571. The molecule has 1 fully saturated rings. The van der Waals surface area contributed by atoms with E-state index in [0.29, 0.717) is 0 Å². The van der Waals surface area contributed by atoms with Crippen LogP contribution in [0.1, 0.15) is 6.04 Å². The number of sulfone groups is 1. The molecular formula is C7H11N3O2S. The lowest BCUT2D eigenvalue weighted by Gasteiger charge is -2.14. The molecule has 2 N–H and O–H groups in total. The molecule has 0 aliphatic carbocycles. The Labute approximate surface area is 76.5 Å². The fourth-order valence-corrected chi connectivity index (χ4v) is 3.51. The van der Waals surface area contributed by atoms with Crippen LogP contribution in [0.5, 0.6) is 0 Å². The van der Waals surface area contributed by atoms with Crippen LogP contribution in [0.15, 0.2) is 18.7 Å². The molecule has 0 aromatic carbocycles. The van der Waals surface area contributed by atoms with E-state index in [4.69, 9.17) is 5.73 Å². The van der Waals surface area contributed by atoms with Crippen molar-refractivity contribution in [2.75, 3.05) is 11.5 Å². The molecule has 0 radical (unpaired) electrons. The summed E-state index contributed by atoms with van der Waals surface area (Å²) in [6.07, 6.45) is 4.97. The molecule has 6 heteroatoms. The first-order chi connectivity index (χ1) is 6.08. The largest absolute Gasteiger partial charge is 0.332 e. The SMILES string of the molecule is NC1CS(=O)(=O)CC1n1ccnc1. The van der Waals surface area contributed by atoms with Gasteiger partial charge >= 0.3 is 0 Å². The molecule has 0 amide bonds. The minimum Gasteiger partial charge on any atom is -0.332 e. The Balaban J connectivity index is 2.28. The Morgan fingerprint density at radius 2 is 2.23 bits per heavy atom. The number of hydrogen-bond acceptors (Lipinski definition) is 4. The fourth-order valence-electron chi connectivity index (χ4n) is 1.63. The summed E-state index contributed by atoms with van der Waals surface area (Å²) in [7, 11) is -2.94. The van der Waals surface area contributed by atoms with Crippen molar-refractivity contribution < 1.29 is 8.42 Å². The van der Waals surface area contributed by atoms with E-state index in [-0.39, 0.29) is 23.6 Å². The molecule has 1 aromatic rings. The molecule has 2 heterocycles. The van der Waals surface area contributed by atoms with Crippen LogP contribution in [0.2, 0.25) is 0 Å². The van der Waals surface area contributed by atoms with Crippen molar-refractivity contribution in [3.05, 3.63) is 18.7 Å². The molecule has 1 saturated heterocycles. The van der Waals surface area contributed by atoms with E-state index >= 15 is 0 Å². The number of nitrogens with two attached hydrogens (primary N) is 1. The first-order valence-corrected chi connectivity index (χ1v) is 5.84. The van der Waals surface area contributed by atoms with Crippen LogP contribution in [0.3, 0.4) is 0 Å². The third kappa shape index (κ3) is 1.59. The Kier molecular flexibility index (Phi) is 1.88. The highest BCUT2D eigenvalue weighted by molar-refractivity contribution is 7.91. The van der Waals surface area contributed by atoms with Crippen LogP contribution < -0.4 is 5.73 Å². The van der Waals surface area contributed by atoms with Crippen molar-refractivity contribution in [1.29, 1.82) is 0 Å². The molecule has 2 atom stereocenters. The Hall–Kier alpha value is -0.880. The van der Waals surface area contributed by atoms with Crippen molar-refractivity contribution in [3.63, 3.8) is 0 Å². The number of imidazole rings is 1. The van der Waals surface area contributed by atoms with Crippen LogP contribution in [-0.4, -0.2) is 35.5 Å². The zero-order chi connectivity index (χ0) is 9.47. The minimum absolute atomic E-state index is 0.0792. The third-order valence-electron chi connectivity index (χ3n) is 2.27. The highest BCUT2D eigenvalue weighted by Gasteiger charge is 2.35. The van der Waals surface area contributed by atoms with Gasteiger partial charge in [0.15, 0.2) is 9.84 Å². The van der Waals surface area contributed by atoms with Crippen LogP contribution in [-0.2, 0) is 9.84 Å². The van der Waals surface area contributed by atoms with E-state index in [9.17, 15) is 8.42 Å². The van der Waals surface area contributed by atoms with E-state index in [1.807, 2.05) is 0 Å². The predicted octanol–water partition coefficient (Wildman–Crippen LogP) is -0.820. The zero-order valence-electron chi connectivity index (χ0n) is 7.00. The number of aromatic nitrogens is 2. The molecule has 1 aliphatic rings. The first kappa shape index (κ1) is 8.71. The lowest BCUT2D eigenvalue weighted by molar-refractivity contribution is 0.493. The van der Waals surface area contributed by atoms with E-state index in [0.717, 1.165) is 0 Å². The van der Waals surface area contributed by atoms with E-state index < -0.39 is 9.84 Å². The molecule has 2 unspecified atom stereocenters. The van der Waals surface area contributed by atoms with Gasteiger partial charge in [-0.25, -0.2) is 13.4 Å². The molecule has 1 aromatic heterocycles. The van der Waals surface area contributed by atoms with Gasteiger partial charge in [0.25, 0.3) is 0 Å². The molecule has 0 bridgehead atoms. The molecule has 72 valence electrons. The zero-order valence-corrected chi connectivity index (χ0v) is 7.81. The van der Waals surface area contributed by atoms with Gasteiger partial charge in [-0.15, -0.1) is 0 Å². The maximum atomic E-state index is 11.2. The van der Waals surface area contributed by atoms with E-state index in [1.165, 1.54) is 0 Å². The minimum atomic E-state index is -2.94. The molecule has 0 spiro atoms. The van der Waals surface area contributed by atoms with Gasteiger partial charge in [-0.3, -0.25) is 0 Å². The summed E-state index contributed by atoms with van der Waals surface area (Å²) in [6, 6.07) is -0.452. The summed E-state index contributed by atoms with van der Waals surface area (Å²) >= 11 is 0. The Morgan fingerprint density at radius 1 is 1.46 bits per heavy atom. The molecule has 13 heavy (non-hydrogen) atoms. The first-order valence-electron chi connectivity index (χ1n) is 4.02. The van der Waals surface area contributed by atoms with E-state index in [1.54, 1.807) is 23.3 Å². The van der Waals surface area contributed by atoms with Crippen LogP contribution in [0.4, 0.5) is 0 Å². The molecule has 0 saturated carbocycles. The van der Waals surface area contributed by atoms with Crippen LogP contribution >= 0.6 is 0 Å². The summed E-state index contributed by atoms with van der Waals surface area (Å²) in [5.74, 6) is 0.209. The van der Waals surface area contributed by atoms with Gasteiger partial charge in [-0.2, -0.15) is 0 Å². The van der Waals surface area contributed by atoms with Crippen molar-refractivity contribution >= 4 is 9.84 Å². The van der Waals surface area contributed by atoms with Crippen molar-refractivity contribution in [2.45, 2.75) is 12.1 Å². The predicted molar refractivity (Wildman–Crippen MR) is 47.9 cm³/mol. The van der Waals surface area contributed by atoms with Gasteiger partial charge in [0.1, 0.15) is 0 Å². The highest BCUT2D eigenvalue weighted by Crippen LogP contribution is 2.21. The number of nitrogens with zero attached hydrogens (tertiary/aromatic N) is 2. The molecule has 5 nitrogen and oxygen atoms in total. The van der Waals surface area contributed by atoms with Crippen molar-refractivity contribution in [3.8, 4) is 0 Å². The van der Waals surface area contributed by atoms with Gasteiger partial charge in [-0.05, 0) is 0 Å². The highest BCUT2D eigenvalue weighted by atomic mass is 32.2. The summed E-state index contributed by atoms with van der Waals surface area (Å²) in [6.45, 7) is 0. The van der Waals surface area contributed by atoms with Crippen LogP contribution in [0, 0.1) is 0 Å². The lowest BCUT2D eigenvalue weighted by atomic mass is 10.2. The summed E-state index contributed by atoms with van der Waals surface area (Å²) in [5, 5.41) is 0. The maximum absolute atomic E-state index is 11.2. The number of rotatable bonds is 1. The quantitative estimate of drug-likeness (QED) is 0.644. The van der Waals surface area contributed by atoms with Gasteiger partial charge in [0.05, 0.1) is 23.9 Å². The molecule has 1 aliphatic heterocycles. The second-order valence-corrected chi connectivity index (χ2v) is 5.47. The third-order valence-corrected chi connectivity index (χ3v) is 4.02. The second-order valence-electron chi connectivity index (χ2n) is 3.32. The summed E-state index contributed by atoms with van der Waals surface area (Å²) in [5.41, 5.74) is 5.72. The number of hydrogen-bond donors (Lipinski definition) is 1. The summed E-state index contributed by atoms with van der Waals surface area (Å²) in [4.78, 5) is 3.86. The van der Waals surface area contributed by atoms with Crippen LogP contribution in [0.25, 0.3) is 0 Å². The Bertz CT molecular complexity index is 384. The monoisotopic (exact) mass is 201 g/mol. The topological polar surface area (TPSA) is 78.0 Å². The smallest absolute Gasteiger partial charge is 0.154 e. The average molecular weight is 201 g/mol. The normalized spacial score (nSPS) is 32.1. The van der Waals surface area contributed by atoms with E-state index in [2.05, 4.69) is 4.98 Å². The second kappa shape index (κ2) is 2.81. The standard InChI is InChI=1S/C7H11N3O2S/c8-6-3-13(11,12)4-7(6)10-2-1-9-5-10/h1-2,5-7H,3-4,8H2. The lowest BCUT2D eigenvalue weighted by Crippen LogP contribution is -2.30. The van der Waals surface area contributed by atoms with Crippen molar-refractivity contribution in [2.24, 2.45) is 5.73 Å². The average Bonchev–Trinajstić information content (AvgIpc) is 2.56. The maximum Gasteiger partial charge on any atom is 0.154 e. The van der Waals surface area contributed by atoms with Gasteiger partial charge in [-0.1, -0.05) is 0 Å². The van der Waals surface area contributed by atoms with Gasteiger partial charge in [0.2, 0.25) is 0 Å². The summed E-state index contributed by atoms with van der Waals surface area (Å²) < 4.78 is 24.2. The molecular weight excluding hydrogens is 190 g/mol. The van der Waals surface area contributed by atoms with Crippen molar-refractivity contribution in [1.82, 2.24) is 9.55 Å². The van der Waals surface area contributed by atoms with Gasteiger partial charge < -0.3 is 10.3 Å². The Morgan fingerprint density at radius 3 is 2.69 bits per heavy atom. The molecule has 2 rings (SSSR count).